The quantitative estimate of drug-likeness (QED) is 0.176. The molecular formula is C51H31N5S. The molecule has 0 radical (unpaired) electrons. The van der Waals surface area contributed by atoms with Gasteiger partial charge in [-0.25, -0.2) is 15.0 Å². The van der Waals surface area contributed by atoms with E-state index in [1.807, 2.05) is 72.0 Å². The van der Waals surface area contributed by atoms with Crippen LogP contribution in [0.3, 0.4) is 0 Å². The summed E-state index contributed by atoms with van der Waals surface area (Å²) in [5, 5.41) is 7.45. The summed E-state index contributed by atoms with van der Waals surface area (Å²) >= 11 is 1.87. The first-order valence-corrected chi connectivity index (χ1v) is 19.9. The minimum Gasteiger partial charge on any atom is -0.309 e. The van der Waals surface area contributed by atoms with Gasteiger partial charge in [0.25, 0.3) is 0 Å². The van der Waals surface area contributed by atoms with Gasteiger partial charge in [0.05, 0.1) is 32.5 Å². The zero-order valence-electron chi connectivity index (χ0n) is 30.5. The summed E-state index contributed by atoms with van der Waals surface area (Å²) in [5.41, 5.74) is 9.74. The standard InChI is InChI=1S/C51H31N5S/c1-3-15-32(16-4-1)49-52-50(33-17-5-2-6-18-33)54-51(53-49)34-19-13-20-35(29-34)55-42-25-10-7-21-36(42)40-31-46-41(30-45(40)55)37-22-8-11-26-43(37)56(46)44-27-14-24-39-38-23-9-12-28-47(38)57-48(39)44/h1-31H. The topological polar surface area (TPSA) is 48.5 Å². The van der Waals surface area contributed by atoms with Crippen LogP contribution >= 0.6 is 11.3 Å². The first-order chi connectivity index (χ1) is 28.3. The SMILES string of the molecule is c1ccc(-c2nc(-c3ccccc3)nc(-c3cccc(-n4c5ccccc5c5cc6c(cc54)c4ccccc4n6-c4cccc5c4sc4ccccc45)c3)n2)cc1. The molecule has 8 aromatic carbocycles. The predicted octanol–water partition coefficient (Wildman–Crippen LogP) is 13.4. The van der Waals surface area contributed by atoms with Gasteiger partial charge in [0.2, 0.25) is 0 Å². The molecule has 12 rings (SSSR count). The largest absolute Gasteiger partial charge is 0.309 e. The monoisotopic (exact) mass is 745 g/mol. The molecule has 4 heterocycles. The summed E-state index contributed by atoms with van der Waals surface area (Å²) in [4.78, 5) is 15.0. The van der Waals surface area contributed by atoms with Gasteiger partial charge in [-0.3, -0.25) is 0 Å². The number of para-hydroxylation sites is 2. The highest BCUT2D eigenvalue weighted by molar-refractivity contribution is 7.26. The molecule has 0 N–H and O–H groups in total. The Morgan fingerprint density at radius 3 is 1.49 bits per heavy atom. The first kappa shape index (κ1) is 31.9. The number of benzene rings is 8. The molecular weight excluding hydrogens is 715 g/mol. The molecule has 5 nitrogen and oxygen atoms in total. The van der Waals surface area contributed by atoms with Crippen LogP contribution in [-0.4, -0.2) is 24.1 Å². The van der Waals surface area contributed by atoms with Gasteiger partial charge in [0.1, 0.15) is 0 Å². The highest BCUT2D eigenvalue weighted by Gasteiger charge is 2.21. The van der Waals surface area contributed by atoms with Crippen molar-refractivity contribution in [3.63, 3.8) is 0 Å². The first-order valence-electron chi connectivity index (χ1n) is 19.1. The van der Waals surface area contributed by atoms with Gasteiger partial charge in [-0.2, -0.15) is 0 Å². The van der Waals surface area contributed by atoms with E-state index < -0.39 is 0 Å². The zero-order chi connectivity index (χ0) is 37.5. The summed E-state index contributed by atoms with van der Waals surface area (Å²) in [5.74, 6) is 1.92. The number of hydrogen-bond donors (Lipinski definition) is 0. The van der Waals surface area contributed by atoms with Crippen molar-refractivity contribution in [1.29, 1.82) is 0 Å². The number of thiophene rings is 1. The van der Waals surface area contributed by atoms with Crippen LogP contribution in [0, 0.1) is 0 Å². The van der Waals surface area contributed by atoms with E-state index >= 15 is 0 Å². The second kappa shape index (κ2) is 12.6. The van der Waals surface area contributed by atoms with Gasteiger partial charge in [-0.1, -0.05) is 140 Å². The Kier molecular flexibility index (Phi) is 7.03. The molecule has 0 aliphatic carbocycles. The Morgan fingerprint density at radius 2 is 0.825 bits per heavy atom. The lowest BCUT2D eigenvalue weighted by atomic mass is 10.1. The molecule has 4 aromatic heterocycles. The lowest BCUT2D eigenvalue weighted by molar-refractivity contribution is 1.07. The van der Waals surface area contributed by atoms with Crippen LogP contribution in [0.4, 0.5) is 0 Å². The second-order valence-corrected chi connectivity index (χ2v) is 15.5. The molecule has 6 heteroatoms. The van der Waals surface area contributed by atoms with Crippen LogP contribution in [0.2, 0.25) is 0 Å². The van der Waals surface area contributed by atoms with E-state index in [1.165, 1.54) is 58.4 Å². The maximum absolute atomic E-state index is 5.06. The lowest BCUT2D eigenvalue weighted by Gasteiger charge is -2.12. The van der Waals surface area contributed by atoms with E-state index in [-0.39, 0.29) is 0 Å². The third-order valence-corrected chi connectivity index (χ3v) is 12.4. The number of fused-ring (bicyclic) bond motifs is 9. The zero-order valence-corrected chi connectivity index (χ0v) is 31.4. The lowest BCUT2D eigenvalue weighted by Crippen LogP contribution is -2.01. The van der Waals surface area contributed by atoms with Crippen molar-refractivity contribution in [3.05, 3.63) is 188 Å². The number of hydrogen-bond acceptors (Lipinski definition) is 4. The summed E-state index contributed by atoms with van der Waals surface area (Å²) in [6.45, 7) is 0. The summed E-state index contributed by atoms with van der Waals surface area (Å²) in [7, 11) is 0. The molecule has 0 saturated carbocycles. The van der Waals surface area contributed by atoms with E-state index in [0.29, 0.717) is 17.5 Å². The van der Waals surface area contributed by atoms with Gasteiger partial charge in [0.15, 0.2) is 17.5 Å². The minimum absolute atomic E-state index is 0.631. The van der Waals surface area contributed by atoms with Crippen molar-refractivity contribution in [2.24, 2.45) is 0 Å². The Balaban J connectivity index is 1.09. The van der Waals surface area contributed by atoms with Gasteiger partial charge in [0, 0.05) is 59.4 Å². The molecule has 12 aromatic rings. The van der Waals surface area contributed by atoms with Crippen LogP contribution in [0.1, 0.15) is 0 Å². The van der Waals surface area contributed by atoms with E-state index in [2.05, 4.69) is 137 Å². The van der Waals surface area contributed by atoms with Crippen molar-refractivity contribution in [3.8, 4) is 45.5 Å². The molecule has 0 bridgehead atoms. The second-order valence-electron chi connectivity index (χ2n) is 14.4. The molecule has 0 aliphatic heterocycles. The van der Waals surface area contributed by atoms with E-state index in [0.717, 1.165) is 33.4 Å². The maximum Gasteiger partial charge on any atom is 0.164 e. The van der Waals surface area contributed by atoms with Crippen molar-refractivity contribution >= 4 is 75.1 Å². The van der Waals surface area contributed by atoms with Crippen LogP contribution in [-0.2, 0) is 0 Å². The number of aromatic nitrogens is 5. The third-order valence-electron chi connectivity index (χ3n) is 11.2. The van der Waals surface area contributed by atoms with E-state index in [9.17, 15) is 0 Å². The van der Waals surface area contributed by atoms with E-state index in [1.54, 1.807) is 0 Å². The fraction of sp³-hybridized carbons (Fsp3) is 0. The fourth-order valence-corrected chi connectivity index (χ4v) is 9.80. The molecule has 0 amide bonds. The Hall–Kier alpha value is -7.41. The Morgan fingerprint density at radius 1 is 0.333 bits per heavy atom. The molecule has 57 heavy (non-hydrogen) atoms. The number of rotatable bonds is 5. The molecule has 266 valence electrons. The Labute approximate surface area is 331 Å². The minimum atomic E-state index is 0.631. The van der Waals surface area contributed by atoms with Gasteiger partial charge in [-0.05, 0) is 48.5 Å². The van der Waals surface area contributed by atoms with Gasteiger partial charge in [-0.15, -0.1) is 11.3 Å². The average molecular weight is 746 g/mol. The smallest absolute Gasteiger partial charge is 0.164 e. The maximum atomic E-state index is 5.06. The van der Waals surface area contributed by atoms with Gasteiger partial charge < -0.3 is 9.13 Å². The van der Waals surface area contributed by atoms with Crippen LogP contribution in [0.25, 0.3) is 109 Å². The Bertz CT molecular complexity index is 3470. The van der Waals surface area contributed by atoms with Crippen LogP contribution < -0.4 is 0 Å². The van der Waals surface area contributed by atoms with Crippen molar-refractivity contribution < 1.29 is 0 Å². The van der Waals surface area contributed by atoms with Crippen LogP contribution in [0.5, 0.6) is 0 Å². The molecule has 0 aliphatic rings. The average Bonchev–Trinajstić information content (AvgIpc) is 3.93. The molecule has 0 spiro atoms. The normalized spacial score (nSPS) is 11.9. The molecule has 0 unspecified atom stereocenters. The van der Waals surface area contributed by atoms with Crippen molar-refractivity contribution in [1.82, 2.24) is 24.1 Å². The highest BCUT2D eigenvalue weighted by atomic mass is 32.1. The predicted molar refractivity (Wildman–Crippen MR) is 238 cm³/mol. The summed E-state index contributed by atoms with van der Waals surface area (Å²) in [6, 6.07) is 66.7. The third kappa shape index (κ3) is 4.98. The fourth-order valence-electron chi connectivity index (χ4n) is 8.60. The highest BCUT2D eigenvalue weighted by Crippen LogP contribution is 2.43. The van der Waals surface area contributed by atoms with Crippen LogP contribution in [0.15, 0.2) is 188 Å². The van der Waals surface area contributed by atoms with E-state index in [4.69, 9.17) is 15.0 Å². The molecule has 0 fully saturated rings. The summed E-state index contributed by atoms with van der Waals surface area (Å²) in [6.07, 6.45) is 0. The van der Waals surface area contributed by atoms with Crippen molar-refractivity contribution in [2.45, 2.75) is 0 Å². The summed E-state index contributed by atoms with van der Waals surface area (Å²) < 4.78 is 7.47. The number of nitrogens with zero attached hydrogens (tertiary/aromatic N) is 5. The molecule has 0 saturated heterocycles. The molecule has 0 atom stereocenters. The van der Waals surface area contributed by atoms with Gasteiger partial charge >= 0.3 is 0 Å². The van der Waals surface area contributed by atoms with Crippen molar-refractivity contribution in [2.75, 3.05) is 0 Å².